The van der Waals surface area contributed by atoms with Crippen LogP contribution in [0.3, 0.4) is 0 Å². The van der Waals surface area contributed by atoms with Crippen molar-refractivity contribution in [2.45, 2.75) is 25.2 Å². The first kappa shape index (κ1) is 17.7. The van der Waals surface area contributed by atoms with Gasteiger partial charge in [-0.15, -0.1) is 0 Å². The molecule has 0 atom stereocenters. The van der Waals surface area contributed by atoms with Crippen molar-refractivity contribution >= 4 is 39.7 Å². The topological polar surface area (TPSA) is 54.4 Å². The monoisotopic (exact) mass is 326 g/mol. The van der Waals surface area contributed by atoms with Gasteiger partial charge < -0.3 is 0 Å². The van der Waals surface area contributed by atoms with E-state index >= 15 is 0 Å². The van der Waals surface area contributed by atoms with Gasteiger partial charge in [0.1, 0.15) is 0 Å². The Kier molecular flexibility index (Phi) is 5.20. The summed E-state index contributed by atoms with van der Waals surface area (Å²) in [6.07, 6.45) is 1.14. The molecule has 1 aliphatic rings. The van der Waals surface area contributed by atoms with Gasteiger partial charge in [-0.05, 0) is 35.1 Å². The van der Waals surface area contributed by atoms with E-state index in [0.29, 0.717) is 12.8 Å². The third-order valence-electron chi connectivity index (χ3n) is 4.41. The van der Waals surface area contributed by atoms with Crippen molar-refractivity contribution in [1.82, 2.24) is 0 Å². The molecule has 112 valence electrons. The van der Waals surface area contributed by atoms with Gasteiger partial charge in [0.05, 0.1) is 5.75 Å². The average molecular weight is 326 g/mol. The van der Waals surface area contributed by atoms with E-state index < -0.39 is 10.1 Å². The second-order valence-corrected chi connectivity index (χ2v) is 7.38. The molecule has 3 nitrogen and oxygen atoms in total. The summed E-state index contributed by atoms with van der Waals surface area (Å²) in [5.41, 5.74) is 4.73. The molecule has 22 heavy (non-hydrogen) atoms. The molecule has 0 spiro atoms. The molecule has 0 aromatic heterocycles. The summed E-state index contributed by atoms with van der Waals surface area (Å²) in [5, 5.41) is 0. The minimum absolute atomic E-state index is 0. The first-order valence-electron chi connectivity index (χ1n) is 7.06. The second-order valence-electron chi connectivity index (χ2n) is 5.81. The van der Waals surface area contributed by atoms with Crippen LogP contribution < -0.4 is 0 Å². The number of hydrogen-bond donors (Lipinski definition) is 1. The SMILES string of the molecule is CC1(CCCS(=O)(=O)O)c2ccccc2-c2ccccc21.[NaH]. The van der Waals surface area contributed by atoms with Crippen LogP contribution in [0.25, 0.3) is 11.1 Å². The molecular weight excluding hydrogens is 307 g/mol. The van der Waals surface area contributed by atoms with E-state index in [2.05, 4.69) is 31.2 Å². The summed E-state index contributed by atoms with van der Waals surface area (Å²) in [6.45, 7) is 2.15. The third-order valence-corrected chi connectivity index (χ3v) is 5.22. The van der Waals surface area contributed by atoms with Gasteiger partial charge >= 0.3 is 29.6 Å². The van der Waals surface area contributed by atoms with Crippen molar-refractivity contribution in [3.63, 3.8) is 0 Å². The molecule has 0 heterocycles. The molecular formula is C17H19NaO3S. The van der Waals surface area contributed by atoms with E-state index in [0.717, 1.165) is 0 Å². The Hall–Kier alpha value is -0.650. The van der Waals surface area contributed by atoms with Crippen LogP contribution in [0.15, 0.2) is 48.5 Å². The van der Waals surface area contributed by atoms with E-state index in [9.17, 15) is 8.42 Å². The van der Waals surface area contributed by atoms with Crippen molar-refractivity contribution in [3.05, 3.63) is 59.7 Å². The normalized spacial score (nSPS) is 14.8. The Balaban J connectivity index is 0.00000176. The first-order chi connectivity index (χ1) is 9.92. The van der Waals surface area contributed by atoms with Crippen LogP contribution >= 0.6 is 0 Å². The summed E-state index contributed by atoms with van der Waals surface area (Å²) >= 11 is 0. The van der Waals surface area contributed by atoms with E-state index in [4.69, 9.17) is 4.55 Å². The molecule has 2 aromatic rings. The van der Waals surface area contributed by atoms with E-state index in [-0.39, 0.29) is 40.7 Å². The minimum atomic E-state index is -3.90. The molecule has 0 saturated heterocycles. The molecule has 1 N–H and O–H groups in total. The van der Waals surface area contributed by atoms with E-state index in [1.807, 2.05) is 24.3 Å². The zero-order chi connectivity index (χ0) is 15.1. The van der Waals surface area contributed by atoms with Crippen LogP contribution in [0.4, 0.5) is 0 Å². The Labute approximate surface area is 153 Å². The third kappa shape index (κ3) is 3.17. The van der Waals surface area contributed by atoms with Crippen molar-refractivity contribution in [2.24, 2.45) is 0 Å². The predicted octanol–water partition coefficient (Wildman–Crippen LogP) is 2.99. The zero-order valence-electron chi connectivity index (χ0n) is 11.9. The fourth-order valence-corrected chi connectivity index (χ4v) is 3.93. The Morgan fingerprint density at radius 3 is 1.86 bits per heavy atom. The second kappa shape index (κ2) is 6.46. The average Bonchev–Trinajstić information content (AvgIpc) is 2.69. The van der Waals surface area contributed by atoms with Crippen LogP contribution in [0.2, 0.25) is 0 Å². The van der Waals surface area contributed by atoms with Crippen molar-refractivity contribution in [3.8, 4) is 11.1 Å². The summed E-state index contributed by atoms with van der Waals surface area (Å²) in [4.78, 5) is 0. The van der Waals surface area contributed by atoms with Gasteiger partial charge in [-0.3, -0.25) is 4.55 Å². The Bertz CT molecular complexity index is 738. The van der Waals surface area contributed by atoms with E-state index in [1.54, 1.807) is 0 Å². The number of rotatable bonds is 4. The van der Waals surface area contributed by atoms with Gasteiger partial charge in [-0.2, -0.15) is 8.42 Å². The molecule has 0 bridgehead atoms. The number of fused-ring (bicyclic) bond motifs is 3. The summed E-state index contributed by atoms with van der Waals surface area (Å²) in [7, 11) is -3.90. The molecule has 0 fully saturated rings. The standard InChI is InChI=1S/C17H18O3S.Na.H/c1-17(11-6-12-21(18,19)20)15-9-4-2-7-13(15)14-8-3-5-10-16(14)17;;/h2-5,7-10H,6,11-12H2,1H3,(H,18,19,20);;. The quantitative estimate of drug-likeness (QED) is 0.694. The number of hydrogen-bond acceptors (Lipinski definition) is 2. The summed E-state index contributed by atoms with van der Waals surface area (Å²) < 4.78 is 30.9. The van der Waals surface area contributed by atoms with Gasteiger partial charge in [-0.1, -0.05) is 55.5 Å². The van der Waals surface area contributed by atoms with Gasteiger partial charge in [0.2, 0.25) is 0 Å². The van der Waals surface area contributed by atoms with Gasteiger partial charge in [0.25, 0.3) is 10.1 Å². The molecule has 0 unspecified atom stereocenters. The van der Waals surface area contributed by atoms with Crippen LogP contribution in [0, 0.1) is 0 Å². The molecule has 0 aliphatic heterocycles. The van der Waals surface area contributed by atoms with Gasteiger partial charge in [0, 0.05) is 5.41 Å². The maximum atomic E-state index is 11.0. The van der Waals surface area contributed by atoms with Crippen molar-refractivity contribution in [1.29, 1.82) is 0 Å². The number of benzene rings is 2. The van der Waals surface area contributed by atoms with Gasteiger partial charge in [-0.25, -0.2) is 0 Å². The van der Waals surface area contributed by atoms with Gasteiger partial charge in [0.15, 0.2) is 0 Å². The molecule has 0 amide bonds. The predicted molar refractivity (Wildman–Crippen MR) is 91.1 cm³/mol. The molecule has 1 aliphatic carbocycles. The van der Waals surface area contributed by atoms with Crippen LogP contribution in [0.1, 0.15) is 30.9 Å². The van der Waals surface area contributed by atoms with Crippen molar-refractivity contribution in [2.75, 3.05) is 5.75 Å². The van der Waals surface area contributed by atoms with Crippen molar-refractivity contribution < 1.29 is 13.0 Å². The summed E-state index contributed by atoms with van der Waals surface area (Å²) in [5.74, 6) is -0.188. The Morgan fingerprint density at radius 1 is 0.955 bits per heavy atom. The molecule has 5 heteroatoms. The molecule has 0 saturated carbocycles. The Morgan fingerprint density at radius 2 is 1.41 bits per heavy atom. The first-order valence-corrected chi connectivity index (χ1v) is 8.67. The molecule has 2 aromatic carbocycles. The molecule has 0 radical (unpaired) electrons. The fraction of sp³-hybridized carbons (Fsp3) is 0.294. The molecule has 3 rings (SSSR count). The summed E-state index contributed by atoms with van der Waals surface area (Å²) in [6, 6.07) is 16.5. The fourth-order valence-electron chi connectivity index (χ4n) is 3.42. The maximum absolute atomic E-state index is 11.0. The van der Waals surface area contributed by atoms with Crippen LogP contribution in [0.5, 0.6) is 0 Å². The van der Waals surface area contributed by atoms with Crippen LogP contribution in [-0.2, 0) is 15.5 Å². The zero-order valence-corrected chi connectivity index (χ0v) is 12.7. The van der Waals surface area contributed by atoms with Crippen LogP contribution in [-0.4, -0.2) is 48.3 Å². The van der Waals surface area contributed by atoms with E-state index in [1.165, 1.54) is 22.3 Å².